The van der Waals surface area contributed by atoms with Crippen molar-refractivity contribution in [3.05, 3.63) is 96.3 Å². The third-order valence-electron chi connectivity index (χ3n) is 5.28. The lowest BCUT2D eigenvalue weighted by molar-refractivity contribution is -0.148. The molecule has 0 atom stereocenters. The number of carbonyl (C=O) groups is 2. The first kappa shape index (κ1) is 26.1. The summed E-state index contributed by atoms with van der Waals surface area (Å²) in [7, 11) is -2.41. The highest BCUT2D eigenvalue weighted by Crippen LogP contribution is 2.18. The Morgan fingerprint density at radius 3 is 2.11 bits per heavy atom. The summed E-state index contributed by atoms with van der Waals surface area (Å²) >= 11 is 0. The molecular formula is C26H27FN2O5S. The van der Waals surface area contributed by atoms with Crippen LogP contribution >= 0.6 is 0 Å². The van der Waals surface area contributed by atoms with E-state index in [9.17, 15) is 22.4 Å². The Kier molecular flexibility index (Phi) is 9.11. The summed E-state index contributed by atoms with van der Waals surface area (Å²) in [6, 6.07) is 23.1. The number of hydrogen-bond donors (Lipinski definition) is 0. The van der Waals surface area contributed by atoms with E-state index in [0.717, 1.165) is 22.0 Å². The Hall–Kier alpha value is -3.56. The second-order valence-corrected chi connectivity index (χ2v) is 9.89. The Labute approximate surface area is 204 Å². The van der Waals surface area contributed by atoms with Crippen molar-refractivity contribution in [3.8, 4) is 0 Å². The molecule has 0 N–H and O–H groups in total. The number of anilines is 1. The summed E-state index contributed by atoms with van der Waals surface area (Å²) in [5, 5.41) is 0. The van der Waals surface area contributed by atoms with E-state index in [-0.39, 0.29) is 30.2 Å². The first-order chi connectivity index (χ1) is 16.8. The molecule has 0 saturated heterocycles. The van der Waals surface area contributed by atoms with Crippen molar-refractivity contribution in [2.45, 2.75) is 24.3 Å². The molecule has 7 nitrogen and oxygen atoms in total. The third kappa shape index (κ3) is 7.46. The van der Waals surface area contributed by atoms with Crippen LogP contribution in [-0.2, 0) is 30.9 Å². The molecule has 0 heterocycles. The zero-order chi connectivity index (χ0) is 25.3. The summed E-state index contributed by atoms with van der Waals surface area (Å²) < 4.78 is 44.4. The van der Waals surface area contributed by atoms with Crippen LogP contribution in [0.1, 0.15) is 18.4 Å². The smallest absolute Gasteiger partial charge is 0.306 e. The molecule has 35 heavy (non-hydrogen) atoms. The molecule has 0 saturated carbocycles. The van der Waals surface area contributed by atoms with Crippen LogP contribution in [0.15, 0.2) is 89.8 Å². The topological polar surface area (TPSA) is 84.0 Å². The highest BCUT2D eigenvalue weighted by Gasteiger charge is 2.21. The fraction of sp³-hybridized carbons (Fsp3) is 0.231. The van der Waals surface area contributed by atoms with Crippen molar-refractivity contribution in [1.82, 2.24) is 4.31 Å². The number of carbonyl (C=O) groups excluding carboxylic acids is 2. The average Bonchev–Trinajstić information content (AvgIpc) is 2.87. The van der Waals surface area contributed by atoms with Gasteiger partial charge in [0.15, 0.2) is 6.61 Å². The van der Waals surface area contributed by atoms with Gasteiger partial charge in [-0.05, 0) is 48.4 Å². The predicted octanol–water partition coefficient (Wildman–Crippen LogP) is 4.00. The molecule has 0 aliphatic rings. The SMILES string of the molecule is CN(CCCC(=O)OCC(=O)N(Cc1ccccc1)c1ccccc1)S(=O)(=O)c1ccc(F)cc1. The highest BCUT2D eigenvalue weighted by molar-refractivity contribution is 7.89. The van der Waals surface area contributed by atoms with E-state index >= 15 is 0 Å². The first-order valence-corrected chi connectivity index (χ1v) is 12.5. The van der Waals surface area contributed by atoms with Crippen molar-refractivity contribution in [2.24, 2.45) is 0 Å². The van der Waals surface area contributed by atoms with E-state index in [1.165, 1.54) is 19.2 Å². The van der Waals surface area contributed by atoms with Crippen LogP contribution in [0.3, 0.4) is 0 Å². The second-order valence-electron chi connectivity index (χ2n) is 7.85. The average molecular weight is 499 g/mol. The zero-order valence-corrected chi connectivity index (χ0v) is 20.2. The second kappa shape index (κ2) is 12.2. The van der Waals surface area contributed by atoms with E-state index in [2.05, 4.69) is 0 Å². The standard InChI is InChI=1S/C26H27FN2O5S/c1-28(35(32,33)24-16-14-22(27)15-17-24)18-8-13-26(31)34-20-25(30)29(23-11-6-3-7-12-23)19-21-9-4-2-5-10-21/h2-7,9-12,14-17H,8,13,18-20H2,1H3. The van der Waals surface area contributed by atoms with Crippen molar-refractivity contribution in [1.29, 1.82) is 0 Å². The third-order valence-corrected chi connectivity index (χ3v) is 7.16. The molecule has 0 unspecified atom stereocenters. The number of sulfonamides is 1. The van der Waals surface area contributed by atoms with Crippen LogP contribution in [0.5, 0.6) is 0 Å². The van der Waals surface area contributed by atoms with Gasteiger partial charge in [-0.25, -0.2) is 17.1 Å². The van der Waals surface area contributed by atoms with Gasteiger partial charge in [-0.3, -0.25) is 9.59 Å². The summed E-state index contributed by atoms with van der Waals surface area (Å²) in [5.41, 5.74) is 1.62. The molecule has 3 rings (SSSR count). The Morgan fingerprint density at radius 2 is 1.49 bits per heavy atom. The van der Waals surface area contributed by atoms with Gasteiger partial charge < -0.3 is 9.64 Å². The van der Waals surface area contributed by atoms with Crippen LogP contribution in [-0.4, -0.2) is 44.8 Å². The van der Waals surface area contributed by atoms with Gasteiger partial charge in [0.2, 0.25) is 10.0 Å². The van der Waals surface area contributed by atoms with Gasteiger partial charge in [0.25, 0.3) is 5.91 Å². The van der Waals surface area contributed by atoms with Gasteiger partial charge in [0.1, 0.15) is 5.82 Å². The lowest BCUT2D eigenvalue weighted by atomic mass is 10.2. The molecule has 3 aromatic carbocycles. The minimum absolute atomic E-state index is 0.0333. The highest BCUT2D eigenvalue weighted by atomic mass is 32.2. The zero-order valence-electron chi connectivity index (χ0n) is 19.3. The largest absolute Gasteiger partial charge is 0.456 e. The number of benzene rings is 3. The number of halogens is 1. The van der Waals surface area contributed by atoms with Gasteiger partial charge in [-0.2, -0.15) is 0 Å². The summed E-state index contributed by atoms with van der Waals surface area (Å²) in [6.45, 7) is -0.0372. The number of amides is 1. The van der Waals surface area contributed by atoms with Crippen molar-refractivity contribution in [3.63, 3.8) is 0 Å². The molecule has 9 heteroatoms. The number of para-hydroxylation sites is 1. The molecule has 0 bridgehead atoms. The number of hydrogen-bond acceptors (Lipinski definition) is 5. The number of ether oxygens (including phenoxy) is 1. The van der Waals surface area contributed by atoms with E-state index in [4.69, 9.17) is 4.74 Å². The van der Waals surface area contributed by atoms with Crippen molar-refractivity contribution in [2.75, 3.05) is 25.1 Å². The van der Waals surface area contributed by atoms with E-state index < -0.39 is 28.4 Å². The maximum Gasteiger partial charge on any atom is 0.306 e. The molecular weight excluding hydrogens is 471 g/mol. The monoisotopic (exact) mass is 498 g/mol. The molecule has 184 valence electrons. The molecule has 0 aliphatic heterocycles. The minimum atomic E-state index is -3.80. The van der Waals surface area contributed by atoms with Gasteiger partial charge >= 0.3 is 5.97 Å². The number of nitrogens with zero attached hydrogens (tertiary/aromatic N) is 2. The van der Waals surface area contributed by atoms with Crippen molar-refractivity contribution < 1.29 is 27.1 Å². The van der Waals surface area contributed by atoms with Gasteiger partial charge in [-0.1, -0.05) is 48.5 Å². The summed E-state index contributed by atoms with van der Waals surface area (Å²) in [5.74, 6) is -1.50. The first-order valence-electron chi connectivity index (χ1n) is 11.0. The van der Waals surface area contributed by atoms with E-state index in [1.54, 1.807) is 17.0 Å². The fourth-order valence-electron chi connectivity index (χ4n) is 3.34. The van der Waals surface area contributed by atoms with E-state index in [0.29, 0.717) is 12.2 Å². The molecule has 3 aromatic rings. The maximum atomic E-state index is 13.1. The number of esters is 1. The molecule has 0 aliphatic carbocycles. The molecule has 0 aromatic heterocycles. The summed E-state index contributed by atoms with van der Waals surface area (Å²) in [6.07, 6.45) is 0.150. The summed E-state index contributed by atoms with van der Waals surface area (Å²) in [4.78, 5) is 26.6. The number of rotatable bonds is 11. The predicted molar refractivity (Wildman–Crippen MR) is 130 cm³/mol. The fourth-order valence-corrected chi connectivity index (χ4v) is 4.55. The lowest BCUT2D eigenvalue weighted by Crippen LogP contribution is -2.34. The van der Waals surface area contributed by atoms with Crippen LogP contribution in [0.25, 0.3) is 0 Å². The quantitative estimate of drug-likeness (QED) is 0.373. The van der Waals surface area contributed by atoms with Gasteiger partial charge in [-0.15, -0.1) is 0 Å². The molecule has 1 amide bonds. The van der Waals surface area contributed by atoms with Gasteiger partial charge in [0, 0.05) is 25.7 Å². The molecule has 0 fully saturated rings. The van der Waals surface area contributed by atoms with Crippen molar-refractivity contribution >= 4 is 27.6 Å². The maximum absolute atomic E-state index is 13.1. The molecule has 0 radical (unpaired) electrons. The minimum Gasteiger partial charge on any atom is -0.456 e. The van der Waals surface area contributed by atoms with Crippen LogP contribution in [0.4, 0.5) is 10.1 Å². The molecule has 0 spiro atoms. The van der Waals surface area contributed by atoms with Gasteiger partial charge in [0.05, 0.1) is 11.4 Å². The van der Waals surface area contributed by atoms with Crippen LogP contribution in [0, 0.1) is 5.82 Å². The normalized spacial score (nSPS) is 11.3. The lowest BCUT2D eigenvalue weighted by Gasteiger charge is -2.23. The Morgan fingerprint density at radius 1 is 0.886 bits per heavy atom. The Balaban J connectivity index is 1.51. The van der Waals surface area contributed by atoms with Crippen LogP contribution < -0.4 is 4.90 Å². The van der Waals surface area contributed by atoms with E-state index in [1.807, 2.05) is 48.5 Å². The Bertz CT molecular complexity index is 1220. The van der Waals surface area contributed by atoms with Crippen LogP contribution in [0.2, 0.25) is 0 Å².